The van der Waals surface area contributed by atoms with Crippen LogP contribution in [0, 0.1) is 6.92 Å². The Morgan fingerprint density at radius 2 is 1.91 bits per heavy atom. The van der Waals surface area contributed by atoms with Gasteiger partial charge in [-0.05, 0) is 55.3 Å². The second-order valence-corrected chi connectivity index (χ2v) is 10.0. The van der Waals surface area contributed by atoms with Gasteiger partial charge in [0.15, 0.2) is 14.9 Å². The van der Waals surface area contributed by atoms with Crippen LogP contribution in [0.4, 0.5) is 0 Å². The highest BCUT2D eigenvalue weighted by Gasteiger charge is 2.22. The SMILES string of the molecule is CC[C@H](NC(=O)c1cnn(-c2ccc(Cl)cc2)c1C)c1ccnc(S(=O)(=O)CCC(=O)OC)c1. The smallest absolute Gasteiger partial charge is 0.306 e. The molecule has 1 amide bonds. The van der Waals surface area contributed by atoms with Crippen molar-refractivity contribution in [2.45, 2.75) is 37.8 Å². The number of nitrogens with one attached hydrogen (secondary N) is 1. The van der Waals surface area contributed by atoms with Crippen molar-refractivity contribution in [3.63, 3.8) is 0 Å². The molecule has 2 aromatic heterocycles. The third kappa shape index (κ3) is 5.81. The maximum absolute atomic E-state index is 13.0. The molecule has 0 unspecified atom stereocenters. The minimum atomic E-state index is -3.79. The molecule has 0 saturated carbocycles. The zero-order valence-electron chi connectivity index (χ0n) is 19.0. The van der Waals surface area contributed by atoms with Crippen LogP contribution < -0.4 is 5.32 Å². The molecule has 3 rings (SSSR count). The van der Waals surface area contributed by atoms with Gasteiger partial charge >= 0.3 is 5.97 Å². The van der Waals surface area contributed by atoms with Crippen LogP contribution in [-0.2, 0) is 19.4 Å². The number of hydrogen-bond acceptors (Lipinski definition) is 7. The molecule has 3 aromatic rings. The van der Waals surface area contributed by atoms with E-state index in [4.69, 9.17) is 11.6 Å². The molecule has 180 valence electrons. The fraction of sp³-hybridized carbons (Fsp3) is 0.304. The Morgan fingerprint density at radius 3 is 2.56 bits per heavy atom. The number of aromatic nitrogens is 3. The maximum Gasteiger partial charge on any atom is 0.306 e. The minimum absolute atomic E-state index is 0.159. The predicted molar refractivity (Wildman–Crippen MR) is 127 cm³/mol. The highest BCUT2D eigenvalue weighted by atomic mass is 35.5. The first-order chi connectivity index (χ1) is 16.2. The van der Waals surface area contributed by atoms with E-state index < -0.39 is 27.6 Å². The van der Waals surface area contributed by atoms with Crippen LogP contribution >= 0.6 is 11.6 Å². The second kappa shape index (κ2) is 10.8. The average Bonchev–Trinajstić information content (AvgIpc) is 3.22. The first-order valence-corrected chi connectivity index (χ1v) is 12.6. The van der Waals surface area contributed by atoms with Crippen LogP contribution in [0.15, 0.2) is 53.8 Å². The summed E-state index contributed by atoms with van der Waals surface area (Å²) in [5.74, 6) is -1.37. The fourth-order valence-electron chi connectivity index (χ4n) is 3.37. The van der Waals surface area contributed by atoms with E-state index in [0.29, 0.717) is 28.3 Å². The van der Waals surface area contributed by atoms with Gasteiger partial charge in [-0.1, -0.05) is 18.5 Å². The lowest BCUT2D eigenvalue weighted by molar-refractivity contribution is -0.140. The summed E-state index contributed by atoms with van der Waals surface area (Å²) >= 11 is 5.95. The Bertz CT molecular complexity index is 1290. The Labute approximate surface area is 203 Å². The minimum Gasteiger partial charge on any atom is -0.469 e. The molecule has 1 N–H and O–H groups in total. The van der Waals surface area contributed by atoms with Gasteiger partial charge in [-0.25, -0.2) is 18.1 Å². The van der Waals surface area contributed by atoms with Crippen LogP contribution in [0.3, 0.4) is 0 Å². The lowest BCUT2D eigenvalue weighted by Gasteiger charge is -2.18. The molecule has 0 saturated heterocycles. The Kier molecular flexibility index (Phi) is 8.06. The molecule has 1 aromatic carbocycles. The van der Waals surface area contributed by atoms with E-state index in [1.165, 1.54) is 25.6 Å². The lowest BCUT2D eigenvalue weighted by atomic mass is 10.1. The Hall–Kier alpha value is -3.24. The summed E-state index contributed by atoms with van der Waals surface area (Å²) < 4.78 is 31.3. The summed E-state index contributed by atoms with van der Waals surface area (Å²) in [7, 11) is -2.60. The number of ether oxygens (including phenoxy) is 1. The molecule has 0 bridgehead atoms. The van der Waals surface area contributed by atoms with Gasteiger partial charge in [0.2, 0.25) is 0 Å². The number of halogens is 1. The topological polar surface area (TPSA) is 120 Å². The molecule has 0 radical (unpaired) electrons. The van der Waals surface area contributed by atoms with Gasteiger partial charge in [0.25, 0.3) is 5.91 Å². The number of sulfone groups is 1. The molecule has 0 fully saturated rings. The highest BCUT2D eigenvalue weighted by Crippen LogP contribution is 2.22. The fourth-order valence-corrected chi connectivity index (χ4v) is 4.68. The van der Waals surface area contributed by atoms with Crippen LogP contribution in [0.25, 0.3) is 5.69 Å². The van der Waals surface area contributed by atoms with Crippen LogP contribution in [-0.4, -0.2) is 47.9 Å². The number of esters is 1. The van der Waals surface area contributed by atoms with E-state index in [1.54, 1.807) is 41.9 Å². The number of carbonyl (C=O) groups excluding carboxylic acids is 2. The molecule has 0 spiro atoms. The molecule has 9 nitrogen and oxygen atoms in total. The van der Waals surface area contributed by atoms with E-state index >= 15 is 0 Å². The molecular formula is C23H25ClN4O5S. The Morgan fingerprint density at radius 1 is 1.21 bits per heavy atom. The summed E-state index contributed by atoms with van der Waals surface area (Å²) in [6.45, 7) is 3.66. The van der Waals surface area contributed by atoms with Gasteiger partial charge in [-0.3, -0.25) is 9.59 Å². The second-order valence-electron chi connectivity index (χ2n) is 7.54. The van der Waals surface area contributed by atoms with Crippen molar-refractivity contribution in [2.75, 3.05) is 12.9 Å². The number of amides is 1. The van der Waals surface area contributed by atoms with E-state index in [2.05, 4.69) is 20.1 Å². The zero-order chi connectivity index (χ0) is 24.9. The van der Waals surface area contributed by atoms with Gasteiger partial charge in [0.1, 0.15) is 0 Å². The van der Waals surface area contributed by atoms with Crippen molar-refractivity contribution in [3.8, 4) is 5.69 Å². The van der Waals surface area contributed by atoms with Crippen LogP contribution in [0.1, 0.15) is 47.4 Å². The summed E-state index contributed by atoms with van der Waals surface area (Å²) in [5, 5.41) is 7.70. The van der Waals surface area contributed by atoms with Crippen molar-refractivity contribution in [1.82, 2.24) is 20.1 Å². The standard InChI is InChI=1S/C23H25ClN4O5S/c1-4-20(16-9-11-25-21(13-16)34(31,32)12-10-22(29)33-3)27-23(30)19-14-26-28(15(19)2)18-7-5-17(24)6-8-18/h5-9,11,13-14,20H,4,10,12H2,1-3H3,(H,27,30)/t20-/m0/s1. The monoisotopic (exact) mass is 504 g/mol. The molecule has 1 atom stereocenters. The van der Waals surface area contributed by atoms with E-state index in [9.17, 15) is 18.0 Å². The van der Waals surface area contributed by atoms with Gasteiger partial charge in [0.05, 0.1) is 48.5 Å². The van der Waals surface area contributed by atoms with Crippen molar-refractivity contribution >= 4 is 33.3 Å². The number of pyridine rings is 1. The van der Waals surface area contributed by atoms with Crippen LogP contribution in [0.2, 0.25) is 5.02 Å². The number of benzene rings is 1. The average molecular weight is 505 g/mol. The quantitative estimate of drug-likeness (QED) is 0.443. The summed E-state index contributed by atoms with van der Waals surface area (Å²) in [5.41, 5.74) is 2.40. The van der Waals surface area contributed by atoms with Gasteiger partial charge in [-0.2, -0.15) is 5.10 Å². The molecule has 2 heterocycles. The van der Waals surface area contributed by atoms with Gasteiger partial charge in [-0.15, -0.1) is 0 Å². The molecule has 0 aliphatic rings. The molecular weight excluding hydrogens is 480 g/mol. The zero-order valence-corrected chi connectivity index (χ0v) is 20.6. The third-order valence-corrected chi connectivity index (χ3v) is 7.18. The summed E-state index contributed by atoms with van der Waals surface area (Å²) in [6.07, 6.45) is 3.11. The molecule has 11 heteroatoms. The highest BCUT2D eigenvalue weighted by molar-refractivity contribution is 7.91. The van der Waals surface area contributed by atoms with E-state index in [-0.39, 0.29) is 17.4 Å². The predicted octanol–water partition coefficient (Wildman–Crippen LogP) is 3.45. The largest absolute Gasteiger partial charge is 0.469 e. The maximum atomic E-state index is 13.0. The number of hydrogen-bond donors (Lipinski definition) is 1. The van der Waals surface area contributed by atoms with Gasteiger partial charge in [0, 0.05) is 11.2 Å². The van der Waals surface area contributed by atoms with Crippen LogP contribution in [0.5, 0.6) is 0 Å². The normalized spacial score (nSPS) is 12.2. The first kappa shape index (κ1) is 25.4. The Balaban J connectivity index is 1.79. The molecule has 0 aliphatic heterocycles. The van der Waals surface area contributed by atoms with E-state index in [1.807, 2.05) is 6.92 Å². The first-order valence-electron chi connectivity index (χ1n) is 10.5. The van der Waals surface area contributed by atoms with Crippen molar-refractivity contribution < 1.29 is 22.7 Å². The molecule has 34 heavy (non-hydrogen) atoms. The van der Waals surface area contributed by atoms with Crippen molar-refractivity contribution in [1.29, 1.82) is 0 Å². The summed E-state index contributed by atoms with van der Waals surface area (Å²) in [4.78, 5) is 28.3. The summed E-state index contributed by atoms with van der Waals surface area (Å²) in [6, 6.07) is 9.71. The number of rotatable bonds is 9. The van der Waals surface area contributed by atoms with Crippen molar-refractivity contribution in [2.24, 2.45) is 0 Å². The number of nitrogens with zero attached hydrogens (tertiary/aromatic N) is 3. The van der Waals surface area contributed by atoms with Gasteiger partial charge < -0.3 is 10.1 Å². The van der Waals surface area contributed by atoms with Crippen molar-refractivity contribution in [3.05, 3.63) is 70.6 Å². The number of carbonyl (C=O) groups is 2. The molecule has 0 aliphatic carbocycles. The number of methoxy groups -OCH3 is 1. The third-order valence-electron chi connectivity index (χ3n) is 5.32. The lowest BCUT2D eigenvalue weighted by Crippen LogP contribution is -2.28. The van der Waals surface area contributed by atoms with E-state index in [0.717, 1.165) is 5.69 Å².